The van der Waals surface area contributed by atoms with Gasteiger partial charge in [-0.2, -0.15) is 0 Å². The third-order valence-corrected chi connectivity index (χ3v) is 3.37. The molecule has 0 heterocycles. The Bertz CT molecular complexity index is 572. The SMILES string of the molecule is Fc1ccc(Cl)cc1NCc1ccc(Cl)c(Cl)c1. The molecule has 0 saturated heterocycles. The van der Waals surface area contributed by atoms with E-state index in [1.807, 2.05) is 6.07 Å². The zero-order chi connectivity index (χ0) is 13.1. The van der Waals surface area contributed by atoms with E-state index in [4.69, 9.17) is 34.8 Å². The Hall–Kier alpha value is -0.960. The van der Waals surface area contributed by atoms with E-state index in [9.17, 15) is 4.39 Å². The van der Waals surface area contributed by atoms with Crippen LogP contribution < -0.4 is 5.32 Å². The number of halogens is 4. The fraction of sp³-hybridized carbons (Fsp3) is 0.0769. The van der Waals surface area contributed by atoms with Gasteiger partial charge >= 0.3 is 0 Å². The first-order valence-corrected chi connectivity index (χ1v) is 6.32. The summed E-state index contributed by atoms with van der Waals surface area (Å²) in [6.07, 6.45) is 0. The van der Waals surface area contributed by atoms with E-state index in [1.54, 1.807) is 12.1 Å². The molecule has 0 spiro atoms. The fourth-order valence-corrected chi connectivity index (χ4v) is 1.97. The van der Waals surface area contributed by atoms with Crippen molar-refractivity contribution < 1.29 is 4.39 Å². The third kappa shape index (κ3) is 3.29. The lowest BCUT2D eigenvalue weighted by Crippen LogP contribution is -2.01. The van der Waals surface area contributed by atoms with Crippen molar-refractivity contribution >= 4 is 40.5 Å². The summed E-state index contributed by atoms with van der Waals surface area (Å²) < 4.78 is 13.4. The summed E-state index contributed by atoms with van der Waals surface area (Å²) in [6, 6.07) is 9.62. The summed E-state index contributed by atoms with van der Waals surface area (Å²) in [5, 5.41) is 4.40. The second-order valence-electron chi connectivity index (χ2n) is 3.73. The van der Waals surface area contributed by atoms with Gasteiger partial charge in [0, 0.05) is 11.6 Å². The Balaban J connectivity index is 2.11. The molecular weight excluding hydrogens is 296 g/mol. The van der Waals surface area contributed by atoms with Crippen LogP contribution in [0.15, 0.2) is 36.4 Å². The molecule has 0 aliphatic heterocycles. The molecule has 0 aliphatic carbocycles. The quantitative estimate of drug-likeness (QED) is 0.800. The van der Waals surface area contributed by atoms with Crippen LogP contribution in [-0.2, 0) is 6.54 Å². The van der Waals surface area contributed by atoms with Gasteiger partial charge in [0.1, 0.15) is 5.82 Å². The van der Waals surface area contributed by atoms with Crippen molar-refractivity contribution in [3.05, 3.63) is 62.8 Å². The molecule has 0 atom stereocenters. The molecule has 2 rings (SSSR count). The van der Waals surface area contributed by atoms with Crippen molar-refractivity contribution in [2.24, 2.45) is 0 Å². The minimum Gasteiger partial charge on any atom is -0.379 e. The van der Waals surface area contributed by atoms with Gasteiger partial charge in [0.2, 0.25) is 0 Å². The van der Waals surface area contributed by atoms with Gasteiger partial charge in [0.05, 0.1) is 15.7 Å². The van der Waals surface area contributed by atoms with Crippen LogP contribution in [0.3, 0.4) is 0 Å². The number of benzene rings is 2. The molecule has 2 aromatic carbocycles. The molecule has 0 unspecified atom stereocenters. The molecule has 5 heteroatoms. The zero-order valence-electron chi connectivity index (χ0n) is 9.18. The van der Waals surface area contributed by atoms with Crippen LogP contribution in [0.25, 0.3) is 0 Å². The minimum atomic E-state index is -0.348. The maximum Gasteiger partial charge on any atom is 0.146 e. The maximum atomic E-state index is 13.4. The maximum absolute atomic E-state index is 13.4. The highest BCUT2D eigenvalue weighted by molar-refractivity contribution is 6.42. The molecule has 0 aliphatic rings. The Kier molecular flexibility index (Phi) is 4.33. The van der Waals surface area contributed by atoms with Crippen LogP contribution in [0.4, 0.5) is 10.1 Å². The van der Waals surface area contributed by atoms with Gasteiger partial charge in [-0.15, -0.1) is 0 Å². The van der Waals surface area contributed by atoms with E-state index in [0.29, 0.717) is 27.3 Å². The predicted octanol–water partition coefficient (Wildman–Crippen LogP) is 5.40. The van der Waals surface area contributed by atoms with Crippen molar-refractivity contribution in [3.63, 3.8) is 0 Å². The zero-order valence-corrected chi connectivity index (χ0v) is 11.5. The Morgan fingerprint density at radius 1 is 0.944 bits per heavy atom. The van der Waals surface area contributed by atoms with Crippen LogP contribution in [0.2, 0.25) is 15.1 Å². The average Bonchev–Trinajstić information content (AvgIpc) is 2.34. The van der Waals surface area contributed by atoms with E-state index in [0.717, 1.165) is 5.56 Å². The second-order valence-corrected chi connectivity index (χ2v) is 4.98. The highest BCUT2D eigenvalue weighted by Crippen LogP contribution is 2.24. The standard InChI is InChI=1S/C13H9Cl3FN/c14-9-2-4-12(17)13(6-9)18-7-8-1-3-10(15)11(16)5-8/h1-6,18H,7H2. The Labute approximate surface area is 119 Å². The monoisotopic (exact) mass is 303 g/mol. The lowest BCUT2D eigenvalue weighted by molar-refractivity contribution is 0.630. The topological polar surface area (TPSA) is 12.0 Å². The molecule has 0 bridgehead atoms. The molecule has 18 heavy (non-hydrogen) atoms. The third-order valence-electron chi connectivity index (χ3n) is 2.40. The van der Waals surface area contributed by atoms with Crippen LogP contribution >= 0.6 is 34.8 Å². The lowest BCUT2D eigenvalue weighted by Gasteiger charge is -2.08. The largest absolute Gasteiger partial charge is 0.379 e. The summed E-state index contributed by atoms with van der Waals surface area (Å²) in [4.78, 5) is 0. The molecule has 0 fully saturated rings. The van der Waals surface area contributed by atoms with Crippen LogP contribution in [-0.4, -0.2) is 0 Å². The summed E-state index contributed by atoms with van der Waals surface area (Å²) in [5.74, 6) is -0.348. The minimum absolute atomic E-state index is 0.348. The number of nitrogens with one attached hydrogen (secondary N) is 1. The predicted molar refractivity (Wildman–Crippen MR) is 75.2 cm³/mol. The molecule has 0 aromatic heterocycles. The second kappa shape index (κ2) is 5.79. The summed E-state index contributed by atoms with van der Waals surface area (Å²) in [5.41, 5.74) is 1.26. The highest BCUT2D eigenvalue weighted by Gasteiger charge is 2.04. The molecule has 94 valence electrons. The van der Waals surface area contributed by atoms with Gasteiger partial charge in [-0.1, -0.05) is 40.9 Å². The normalized spacial score (nSPS) is 10.4. The van der Waals surface area contributed by atoms with Gasteiger partial charge in [-0.25, -0.2) is 4.39 Å². The van der Waals surface area contributed by atoms with E-state index >= 15 is 0 Å². The summed E-state index contributed by atoms with van der Waals surface area (Å²) >= 11 is 17.5. The first-order chi connectivity index (χ1) is 8.56. The molecular formula is C13H9Cl3FN. The van der Waals surface area contributed by atoms with Gasteiger partial charge in [-0.3, -0.25) is 0 Å². The van der Waals surface area contributed by atoms with Gasteiger partial charge in [-0.05, 0) is 35.9 Å². The Morgan fingerprint density at radius 2 is 1.72 bits per heavy atom. The van der Waals surface area contributed by atoms with Gasteiger partial charge < -0.3 is 5.32 Å². The average molecular weight is 305 g/mol. The number of hydrogen-bond donors (Lipinski definition) is 1. The van der Waals surface area contributed by atoms with Gasteiger partial charge in [0.15, 0.2) is 0 Å². The van der Waals surface area contributed by atoms with E-state index in [1.165, 1.54) is 18.2 Å². The summed E-state index contributed by atoms with van der Waals surface area (Å²) in [7, 11) is 0. The summed E-state index contributed by atoms with van der Waals surface area (Å²) in [6.45, 7) is 0.439. The van der Waals surface area contributed by atoms with E-state index in [-0.39, 0.29) is 5.82 Å². The molecule has 0 radical (unpaired) electrons. The van der Waals surface area contributed by atoms with Crippen molar-refractivity contribution in [1.29, 1.82) is 0 Å². The number of anilines is 1. The van der Waals surface area contributed by atoms with Crippen molar-refractivity contribution in [3.8, 4) is 0 Å². The first-order valence-electron chi connectivity index (χ1n) is 5.19. The van der Waals surface area contributed by atoms with Crippen LogP contribution in [0, 0.1) is 5.82 Å². The Morgan fingerprint density at radius 3 is 2.44 bits per heavy atom. The number of hydrogen-bond acceptors (Lipinski definition) is 1. The highest BCUT2D eigenvalue weighted by atomic mass is 35.5. The van der Waals surface area contributed by atoms with Crippen LogP contribution in [0.1, 0.15) is 5.56 Å². The van der Waals surface area contributed by atoms with Gasteiger partial charge in [0.25, 0.3) is 0 Å². The molecule has 2 aromatic rings. The van der Waals surface area contributed by atoms with Crippen molar-refractivity contribution in [2.75, 3.05) is 5.32 Å². The number of rotatable bonds is 3. The first kappa shape index (κ1) is 13.5. The lowest BCUT2D eigenvalue weighted by atomic mass is 10.2. The van der Waals surface area contributed by atoms with E-state index in [2.05, 4.69) is 5.32 Å². The molecule has 1 N–H and O–H groups in total. The van der Waals surface area contributed by atoms with Crippen LogP contribution in [0.5, 0.6) is 0 Å². The smallest absolute Gasteiger partial charge is 0.146 e. The van der Waals surface area contributed by atoms with Crippen molar-refractivity contribution in [2.45, 2.75) is 6.54 Å². The van der Waals surface area contributed by atoms with E-state index < -0.39 is 0 Å². The molecule has 0 saturated carbocycles. The molecule has 0 amide bonds. The fourth-order valence-electron chi connectivity index (χ4n) is 1.48. The molecule has 1 nitrogen and oxygen atoms in total. The van der Waals surface area contributed by atoms with Crippen molar-refractivity contribution in [1.82, 2.24) is 0 Å².